The number of benzene rings is 4. The predicted molar refractivity (Wildman–Crippen MR) is 194 cm³/mol. The van der Waals surface area contributed by atoms with Crippen LogP contribution in [0.3, 0.4) is 0 Å². The molecule has 0 aromatic heterocycles. The van der Waals surface area contributed by atoms with Crippen LogP contribution in [0.2, 0.25) is 10.0 Å². The molecule has 12 heteroatoms. The lowest BCUT2D eigenvalue weighted by Crippen LogP contribution is -2.56. The first-order chi connectivity index (χ1) is 23.1. The highest BCUT2D eigenvalue weighted by molar-refractivity contribution is 7.92. The molecule has 9 nitrogen and oxygen atoms in total. The first-order valence-corrected chi connectivity index (χ1v) is 17.7. The van der Waals surface area contributed by atoms with Crippen LogP contribution < -0.4 is 19.1 Å². The molecule has 0 radical (unpaired) electrons. The number of nitrogens with one attached hydrogen (secondary N) is 1. The van der Waals surface area contributed by atoms with Gasteiger partial charge in [-0.3, -0.25) is 13.9 Å². The molecule has 4 aromatic rings. The standard InChI is InChI=1S/C37H41Cl2N3O6S/c1-25-15-18-28(19-16-25)49(45,46)42(32-22-27(47-5)17-20-34(32)48-6)24-35(43)41(23-29-30(38)13-10-14-31(29)39)33(36(44)40-37(2,3)4)21-26-11-8-7-9-12-26/h7-20,22,33H,21,23-24H2,1-6H3,(H,40,44)/t33-/m0/s1. The van der Waals surface area contributed by atoms with Gasteiger partial charge in [0.25, 0.3) is 10.0 Å². The Balaban J connectivity index is 1.91. The number of amides is 2. The molecule has 0 spiro atoms. The van der Waals surface area contributed by atoms with Gasteiger partial charge in [-0.05, 0) is 69.7 Å². The van der Waals surface area contributed by atoms with Crippen molar-refractivity contribution in [3.05, 3.63) is 118 Å². The van der Waals surface area contributed by atoms with Crippen molar-refractivity contribution < 1.29 is 27.5 Å². The van der Waals surface area contributed by atoms with Crippen molar-refractivity contribution in [3.63, 3.8) is 0 Å². The Bertz CT molecular complexity index is 1860. The Morgan fingerprint density at radius 2 is 1.49 bits per heavy atom. The quantitative estimate of drug-likeness (QED) is 0.158. The molecule has 0 saturated heterocycles. The molecule has 4 aromatic carbocycles. The summed E-state index contributed by atoms with van der Waals surface area (Å²) in [6.07, 6.45) is 0.129. The summed E-state index contributed by atoms with van der Waals surface area (Å²) < 4.78 is 40.9. The van der Waals surface area contributed by atoms with Crippen molar-refractivity contribution in [3.8, 4) is 11.5 Å². The molecule has 0 aliphatic rings. The maximum absolute atomic E-state index is 14.8. The SMILES string of the molecule is COc1ccc(OC)c(N(CC(=O)N(Cc2c(Cl)cccc2Cl)[C@@H](Cc2ccccc2)C(=O)NC(C)(C)C)S(=O)(=O)c2ccc(C)cc2)c1. The minimum Gasteiger partial charge on any atom is -0.497 e. The largest absolute Gasteiger partial charge is 0.497 e. The van der Waals surface area contributed by atoms with Gasteiger partial charge < -0.3 is 19.7 Å². The van der Waals surface area contributed by atoms with Gasteiger partial charge in [0.05, 0.1) is 24.8 Å². The lowest BCUT2D eigenvalue weighted by molar-refractivity contribution is -0.140. The average molecular weight is 727 g/mol. The molecule has 0 heterocycles. The summed E-state index contributed by atoms with van der Waals surface area (Å²) in [6.45, 7) is 6.48. The molecule has 0 unspecified atom stereocenters. The molecular formula is C37H41Cl2N3O6S. The molecule has 0 aliphatic heterocycles. The number of aryl methyl sites for hydroxylation is 1. The highest BCUT2D eigenvalue weighted by Gasteiger charge is 2.37. The van der Waals surface area contributed by atoms with Crippen molar-refractivity contribution in [1.82, 2.24) is 10.2 Å². The maximum atomic E-state index is 14.8. The van der Waals surface area contributed by atoms with Gasteiger partial charge in [-0.2, -0.15) is 0 Å². The summed E-state index contributed by atoms with van der Waals surface area (Å²) in [4.78, 5) is 30.2. The van der Waals surface area contributed by atoms with E-state index in [9.17, 15) is 18.0 Å². The number of carbonyl (C=O) groups is 2. The molecule has 0 saturated carbocycles. The maximum Gasteiger partial charge on any atom is 0.264 e. The van der Waals surface area contributed by atoms with Gasteiger partial charge >= 0.3 is 0 Å². The van der Waals surface area contributed by atoms with E-state index in [1.807, 2.05) is 58.0 Å². The van der Waals surface area contributed by atoms with Crippen LogP contribution in [0.5, 0.6) is 11.5 Å². The van der Waals surface area contributed by atoms with Crippen molar-refractivity contribution >= 4 is 50.7 Å². The van der Waals surface area contributed by atoms with Crippen LogP contribution in [0.15, 0.2) is 95.9 Å². The number of methoxy groups -OCH3 is 2. The van der Waals surface area contributed by atoms with Gasteiger partial charge in [0.1, 0.15) is 24.1 Å². The Morgan fingerprint density at radius 3 is 2.06 bits per heavy atom. The summed E-state index contributed by atoms with van der Waals surface area (Å²) in [6, 6.07) is 24.1. The number of nitrogens with zero attached hydrogens (tertiary/aromatic N) is 2. The summed E-state index contributed by atoms with van der Waals surface area (Å²) in [7, 11) is -1.53. The fourth-order valence-electron chi connectivity index (χ4n) is 5.20. The zero-order valence-corrected chi connectivity index (χ0v) is 30.7. The first kappa shape index (κ1) is 37.6. The van der Waals surface area contributed by atoms with Crippen LogP contribution in [0.25, 0.3) is 0 Å². The van der Waals surface area contributed by atoms with Crippen LogP contribution in [0, 0.1) is 6.92 Å². The highest BCUT2D eigenvalue weighted by atomic mass is 35.5. The van der Waals surface area contributed by atoms with E-state index in [1.54, 1.807) is 42.5 Å². The third-order valence-corrected chi connectivity index (χ3v) is 10.2. The summed E-state index contributed by atoms with van der Waals surface area (Å²) in [5.74, 6) is -0.573. The van der Waals surface area contributed by atoms with E-state index >= 15 is 0 Å². The fourth-order valence-corrected chi connectivity index (χ4v) is 7.14. The number of hydrogen-bond donors (Lipinski definition) is 1. The number of anilines is 1. The fraction of sp³-hybridized carbons (Fsp3) is 0.297. The topological polar surface area (TPSA) is 105 Å². The van der Waals surface area contributed by atoms with Crippen molar-refractivity contribution in [2.75, 3.05) is 25.1 Å². The molecule has 1 N–H and O–H groups in total. The van der Waals surface area contributed by atoms with Gasteiger partial charge in [0.15, 0.2) is 0 Å². The number of halogens is 2. The smallest absolute Gasteiger partial charge is 0.264 e. The van der Waals surface area contributed by atoms with Crippen molar-refractivity contribution in [1.29, 1.82) is 0 Å². The first-order valence-electron chi connectivity index (χ1n) is 15.5. The zero-order valence-electron chi connectivity index (χ0n) is 28.4. The molecule has 4 rings (SSSR count). The Morgan fingerprint density at radius 1 is 0.857 bits per heavy atom. The lowest BCUT2D eigenvalue weighted by Gasteiger charge is -2.35. The van der Waals surface area contributed by atoms with E-state index in [4.69, 9.17) is 32.7 Å². The second-order valence-electron chi connectivity index (χ2n) is 12.5. The van der Waals surface area contributed by atoms with Crippen LogP contribution in [-0.4, -0.2) is 57.5 Å². The van der Waals surface area contributed by atoms with Crippen molar-refractivity contribution in [2.24, 2.45) is 0 Å². The van der Waals surface area contributed by atoms with Crippen LogP contribution >= 0.6 is 23.2 Å². The molecule has 0 aliphatic carbocycles. The molecule has 2 amide bonds. The van der Waals surface area contributed by atoms with Crippen LogP contribution in [0.1, 0.15) is 37.5 Å². The van der Waals surface area contributed by atoms with Gasteiger partial charge in [0, 0.05) is 40.2 Å². The van der Waals surface area contributed by atoms with E-state index in [-0.39, 0.29) is 29.3 Å². The van der Waals surface area contributed by atoms with E-state index in [0.29, 0.717) is 21.4 Å². The highest BCUT2D eigenvalue weighted by Crippen LogP contribution is 2.36. The normalized spacial score (nSPS) is 12.2. The van der Waals surface area contributed by atoms with E-state index < -0.39 is 40.0 Å². The number of carbonyl (C=O) groups excluding carboxylic acids is 2. The second kappa shape index (κ2) is 16.0. The summed E-state index contributed by atoms with van der Waals surface area (Å²) in [5.41, 5.74) is 1.49. The summed E-state index contributed by atoms with van der Waals surface area (Å²) >= 11 is 13.2. The minimum atomic E-state index is -4.38. The van der Waals surface area contributed by atoms with Crippen LogP contribution in [0.4, 0.5) is 5.69 Å². The van der Waals surface area contributed by atoms with Gasteiger partial charge in [-0.15, -0.1) is 0 Å². The lowest BCUT2D eigenvalue weighted by atomic mass is 10.0. The van der Waals surface area contributed by atoms with Crippen LogP contribution in [-0.2, 0) is 32.6 Å². The molecule has 0 bridgehead atoms. The Kier molecular flexibility index (Phi) is 12.2. The predicted octanol–water partition coefficient (Wildman–Crippen LogP) is 7.07. The third kappa shape index (κ3) is 9.47. The third-order valence-electron chi connectivity index (χ3n) is 7.70. The minimum absolute atomic E-state index is 0.0391. The molecule has 260 valence electrons. The average Bonchev–Trinajstić information content (AvgIpc) is 3.05. The van der Waals surface area contributed by atoms with Gasteiger partial charge in [0.2, 0.25) is 11.8 Å². The van der Waals surface area contributed by atoms with E-state index in [2.05, 4.69) is 5.32 Å². The number of sulfonamides is 1. The molecule has 49 heavy (non-hydrogen) atoms. The van der Waals surface area contributed by atoms with Gasteiger partial charge in [-0.1, -0.05) is 77.3 Å². The Labute approximate surface area is 298 Å². The Hall–Kier alpha value is -4.25. The number of hydrogen-bond acceptors (Lipinski definition) is 6. The zero-order chi connectivity index (χ0) is 35.9. The number of ether oxygens (including phenoxy) is 2. The second-order valence-corrected chi connectivity index (χ2v) is 15.2. The van der Waals surface area contributed by atoms with E-state index in [0.717, 1.165) is 15.4 Å². The van der Waals surface area contributed by atoms with Crippen molar-refractivity contribution in [2.45, 2.75) is 57.1 Å². The van der Waals surface area contributed by atoms with Gasteiger partial charge in [-0.25, -0.2) is 8.42 Å². The molecule has 0 fully saturated rings. The number of rotatable bonds is 13. The summed E-state index contributed by atoms with van der Waals surface area (Å²) in [5, 5.41) is 3.58. The molecule has 1 atom stereocenters. The molecular weight excluding hydrogens is 685 g/mol. The van der Waals surface area contributed by atoms with E-state index in [1.165, 1.54) is 37.3 Å². The monoisotopic (exact) mass is 725 g/mol.